The molecular formula is C13H22N4O3S. The predicted molar refractivity (Wildman–Crippen MR) is 83.5 cm³/mol. The molecule has 21 heavy (non-hydrogen) atoms. The molecular weight excluding hydrogens is 292 g/mol. The molecule has 5 N–H and O–H groups in total. The van der Waals surface area contributed by atoms with Crippen LogP contribution in [0.25, 0.3) is 0 Å². The maximum Gasteiger partial charge on any atom is 0.242 e. The van der Waals surface area contributed by atoms with Crippen molar-refractivity contribution in [1.29, 1.82) is 0 Å². The van der Waals surface area contributed by atoms with Crippen molar-refractivity contribution in [3.63, 3.8) is 0 Å². The predicted octanol–water partition coefficient (Wildman–Crippen LogP) is 0.504. The summed E-state index contributed by atoms with van der Waals surface area (Å²) in [5.41, 5.74) is 6.12. The Kier molecular flexibility index (Phi) is 5.19. The van der Waals surface area contributed by atoms with E-state index in [1.54, 1.807) is 6.07 Å². The van der Waals surface area contributed by atoms with Gasteiger partial charge in [-0.1, -0.05) is 0 Å². The van der Waals surface area contributed by atoms with Gasteiger partial charge in [0.05, 0.1) is 12.2 Å². The molecule has 1 aromatic rings. The van der Waals surface area contributed by atoms with Crippen LogP contribution in [-0.4, -0.2) is 33.5 Å². The Hall–Kier alpha value is -1.80. The van der Waals surface area contributed by atoms with Gasteiger partial charge in [-0.3, -0.25) is 4.79 Å². The number of carbonyl (C=O) groups excluding carboxylic acids is 1. The van der Waals surface area contributed by atoms with Gasteiger partial charge in [0.15, 0.2) is 0 Å². The summed E-state index contributed by atoms with van der Waals surface area (Å²) in [7, 11) is -2.27. The zero-order valence-electron chi connectivity index (χ0n) is 12.6. The van der Waals surface area contributed by atoms with Crippen LogP contribution in [0.15, 0.2) is 23.1 Å². The summed E-state index contributed by atoms with van der Waals surface area (Å²) in [5.74, 6) is -0.159. The molecule has 0 fully saturated rings. The van der Waals surface area contributed by atoms with E-state index in [0.717, 1.165) is 0 Å². The van der Waals surface area contributed by atoms with Gasteiger partial charge in [-0.05, 0) is 46.0 Å². The van der Waals surface area contributed by atoms with E-state index in [1.165, 1.54) is 19.2 Å². The van der Waals surface area contributed by atoms with Gasteiger partial charge in [0.2, 0.25) is 15.9 Å². The molecule has 1 aromatic carbocycles. The molecule has 0 spiro atoms. The molecule has 1 amide bonds. The number of amides is 1. The molecule has 8 heteroatoms. The zero-order chi connectivity index (χ0) is 16.3. The average molecular weight is 314 g/mol. The van der Waals surface area contributed by atoms with Gasteiger partial charge >= 0.3 is 0 Å². The van der Waals surface area contributed by atoms with Gasteiger partial charge in [-0.15, -0.1) is 0 Å². The highest BCUT2D eigenvalue weighted by Gasteiger charge is 2.16. The molecule has 1 rings (SSSR count). The van der Waals surface area contributed by atoms with Crippen LogP contribution in [0, 0.1) is 0 Å². The van der Waals surface area contributed by atoms with Crippen molar-refractivity contribution < 1.29 is 13.2 Å². The smallest absolute Gasteiger partial charge is 0.242 e. The van der Waals surface area contributed by atoms with E-state index in [1.807, 2.05) is 20.8 Å². The maximum absolute atomic E-state index is 11.7. The Balaban J connectivity index is 2.76. The molecule has 0 aliphatic heterocycles. The molecule has 0 aromatic heterocycles. The lowest BCUT2D eigenvalue weighted by Gasteiger charge is -2.20. The Morgan fingerprint density at radius 2 is 1.90 bits per heavy atom. The van der Waals surface area contributed by atoms with Crippen LogP contribution in [0.5, 0.6) is 0 Å². The second kappa shape index (κ2) is 6.31. The van der Waals surface area contributed by atoms with E-state index in [0.29, 0.717) is 5.69 Å². The van der Waals surface area contributed by atoms with Gasteiger partial charge in [0.25, 0.3) is 0 Å². The number of sulfonamides is 1. The highest BCUT2D eigenvalue weighted by molar-refractivity contribution is 7.89. The number of benzene rings is 1. The second-order valence-corrected chi connectivity index (χ2v) is 7.47. The lowest BCUT2D eigenvalue weighted by molar-refractivity contribution is -0.120. The first kappa shape index (κ1) is 17.3. The quantitative estimate of drug-likeness (QED) is 0.591. The summed E-state index contributed by atoms with van der Waals surface area (Å²) in [6, 6.07) is 4.44. The third kappa shape index (κ3) is 5.24. The summed E-state index contributed by atoms with van der Waals surface area (Å²) in [6.07, 6.45) is 0. The maximum atomic E-state index is 11.7. The monoisotopic (exact) mass is 314 g/mol. The molecule has 7 nitrogen and oxygen atoms in total. The number of hydrogen-bond donors (Lipinski definition) is 4. The van der Waals surface area contributed by atoms with Crippen molar-refractivity contribution in [2.24, 2.45) is 0 Å². The highest BCUT2D eigenvalue weighted by atomic mass is 32.2. The van der Waals surface area contributed by atoms with E-state index in [4.69, 9.17) is 5.73 Å². The van der Waals surface area contributed by atoms with E-state index in [9.17, 15) is 13.2 Å². The van der Waals surface area contributed by atoms with Crippen molar-refractivity contribution >= 4 is 27.3 Å². The summed E-state index contributed by atoms with van der Waals surface area (Å²) >= 11 is 0. The van der Waals surface area contributed by atoms with E-state index in [-0.39, 0.29) is 28.6 Å². The number of hydrogen-bond acceptors (Lipinski definition) is 5. The minimum Gasteiger partial charge on any atom is -0.398 e. The van der Waals surface area contributed by atoms with Crippen molar-refractivity contribution in [2.75, 3.05) is 24.6 Å². The molecule has 0 unspecified atom stereocenters. The van der Waals surface area contributed by atoms with Crippen LogP contribution in [0.4, 0.5) is 11.4 Å². The van der Waals surface area contributed by atoms with Gasteiger partial charge in [-0.25, -0.2) is 13.1 Å². The van der Waals surface area contributed by atoms with Crippen LogP contribution in [-0.2, 0) is 14.8 Å². The fourth-order valence-corrected chi connectivity index (χ4v) is 2.49. The lowest BCUT2D eigenvalue weighted by Crippen LogP contribution is -2.43. The third-order valence-electron chi connectivity index (χ3n) is 2.54. The zero-order valence-corrected chi connectivity index (χ0v) is 13.5. The fraction of sp³-hybridized carbons (Fsp3) is 0.462. The van der Waals surface area contributed by atoms with E-state index < -0.39 is 10.0 Å². The molecule has 0 saturated heterocycles. The fourth-order valence-electron chi connectivity index (χ4n) is 1.66. The molecule has 0 aliphatic carbocycles. The molecule has 0 atom stereocenters. The summed E-state index contributed by atoms with van der Waals surface area (Å²) < 4.78 is 25.6. The van der Waals surface area contributed by atoms with E-state index in [2.05, 4.69) is 15.4 Å². The highest BCUT2D eigenvalue weighted by Crippen LogP contribution is 2.22. The van der Waals surface area contributed by atoms with Crippen LogP contribution in [0.2, 0.25) is 0 Å². The summed E-state index contributed by atoms with van der Waals surface area (Å²) in [6.45, 7) is 5.75. The minimum atomic E-state index is -3.58. The number of nitrogen functional groups attached to an aromatic ring is 1. The first-order chi connectivity index (χ1) is 9.55. The number of anilines is 2. The second-order valence-electron chi connectivity index (χ2n) is 5.61. The van der Waals surface area contributed by atoms with Gasteiger partial charge in [0.1, 0.15) is 4.90 Å². The largest absolute Gasteiger partial charge is 0.398 e. The SMILES string of the molecule is CNS(=O)(=O)c1ccc(NCC(=O)NC(C)(C)C)cc1N. The van der Waals surface area contributed by atoms with Gasteiger partial charge in [-0.2, -0.15) is 0 Å². The average Bonchev–Trinajstić information content (AvgIpc) is 2.34. The first-order valence-corrected chi connectivity index (χ1v) is 7.91. The van der Waals surface area contributed by atoms with Crippen molar-refractivity contribution in [2.45, 2.75) is 31.2 Å². The lowest BCUT2D eigenvalue weighted by atomic mass is 10.1. The van der Waals surface area contributed by atoms with Crippen LogP contribution >= 0.6 is 0 Å². The van der Waals surface area contributed by atoms with Crippen molar-refractivity contribution in [3.05, 3.63) is 18.2 Å². The van der Waals surface area contributed by atoms with Crippen LogP contribution in [0.1, 0.15) is 20.8 Å². The Morgan fingerprint density at radius 1 is 1.29 bits per heavy atom. The van der Waals surface area contributed by atoms with Crippen molar-refractivity contribution in [3.8, 4) is 0 Å². The van der Waals surface area contributed by atoms with E-state index >= 15 is 0 Å². The third-order valence-corrected chi connectivity index (χ3v) is 4.02. The molecule has 0 radical (unpaired) electrons. The number of nitrogens with one attached hydrogen (secondary N) is 3. The Bertz CT molecular complexity index is 621. The Labute approximate surface area is 125 Å². The number of nitrogens with two attached hydrogens (primary N) is 1. The number of carbonyl (C=O) groups is 1. The normalized spacial score (nSPS) is 12.0. The van der Waals surface area contributed by atoms with Crippen LogP contribution in [0.3, 0.4) is 0 Å². The van der Waals surface area contributed by atoms with Crippen LogP contribution < -0.4 is 21.1 Å². The summed E-state index contributed by atoms with van der Waals surface area (Å²) in [4.78, 5) is 11.7. The molecule has 0 heterocycles. The topological polar surface area (TPSA) is 113 Å². The van der Waals surface area contributed by atoms with Gasteiger partial charge in [0, 0.05) is 11.2 Å². The molecule has 118 valence electrons. The molecule has 0 bridgehead atoms. The summed E-state index contributed by atoms with van der Waals surface area (Å²) in [5, 5.41) is 5.71. The minimum absolute atomic E-state index is 0.00898. The first-order valence-electron chi connectivity index (χ1n) is 6.43. The number of rotatable bonds is 5. The Morgan fingerprint density at radius 3 is 2.38 bits per heavy atom. The van der Waals surface area contributed by atoms with Gasteiger partial charge < -0.3 is 16.4 Å². The molecule has 0 saturated carbocycles. The van der Waals surface area contributed by atoms with Crippen molar-refractivity contribution in [1.82, 2.24) is 10.0 Å². The standard InChI is InChI=1S/C13H22N4O3S/c1-13(2,3)17-12(18)8-16-9-5-6-11(10(14)7-9)21(19,20)15-4/h5-7,15-16H,8,14H2,1-4H3,(H,17,18). The molecule has 0 aliphatic rings.